The van der Waals surface area contributed by atoms with E-state index in [-0.39, 0.29) is 0 Å². The molecule has 5 rings (SSSR count). The van der Waals surface area contributed by atoms with Crippen LogP contribution in [0.25, 0.3) is 10.8 Å². The van der Waals surface area contributed by atoms with Crippen molar-refractivity contribution in [1.29, 1.82) is 0 Å². The monoisotopic (exact) mass is 415 g/mol. The fourth-order valence-electron chi connectivity index (χ4n) is 4.37. The van der Waals surface area contributed by atoms with Gasteiger partial charge in [0.05, 0.1) is 6.54 Å². The van der Waals surface area contributed by atoms with E-state index in [1.54, 1.807) is 6.20 Å². The number of aromatic nitrogens is 2. The molecule has 2 aliphatic rings. The van der Waals surface area contributed by atoms with Crippen LogP contribution in [-0.4, -0.2) is 40.7 Å². The third-order valence-corrected chi connectivity index (χ3v) is 5.94. The van der Waals surface area contributed by atoms with Crippen molar-refractivity contribution in [3.63, 3.8) is 0 Å². The molecule has 0 radical (unpaired) electrons. The van der Waals surface area contributed by atoms with Crippen molar-refractivity contribution in [1.82, 2.24) is 14.9 Å². The first-order valence-corrected chi connectivity index (χ1v) is 10.7. The van der Waals surface area contributed by atoms with Crippen LogP contribution < -0.4 is 10.6 Å². The van der Waals surface area contributed by atoms with E-state index in [0.29, 0.717) is 18.8 Å². The van der Waals surface area contributed by atoms with Crippen molar-refractivity contribution < 1.29 is 4.39 Å². The number of nitrogen functional groups attached to an aromatic ring is 1. The molecular weight excluding hydrogens is 389 g/mol. The maximum absolute atomic E-state index is 13.6. The zero-order chi connectivity index (χ0) is 21.2. The lowest BCUT2D eigenvalue weighted by atomic mass is 10.0. The van der Waals surface area contributed by atoms with Crippen LogP contribution in [0.2, 0.25) is 0 Å². The second kappa shape index (κ2) is 8.38. The maximum atomic E-state index is 13.6. The minimum Gasteiger partial charge on any atom is -0.383 e. The number of nitrogens with two attached hydrogens (primary N) is 1. The van der Waals surface area contributed by atoms with Crippen molar-refractivity contribution >= 4 is 22.4 Å². The highest BCUT2D eigenvalue weighted by Crippen LogP contribution is 2.24. The Kier molecular flexibility index (Phi) is 5.28. The summed E-state index contributed by atoms with van der Waals surface area (Å²) in [5.41, 5.74) is 9.66. The van der Waals surface area contributed by atoms with Gasteiger partial charge in [-0.2, -0.15) is 0 Å². The Morgan fingerprint density at radius 2 is 1.97 bits per heavy atom. The van der Waals surface area contributed by atoms with Crippen LogP contribution in [0.3, 0.4) is 0 Å². The summed E-state index contributed by atoms with van der Waals surface area (Å²) in [6.45, 7) is 2.90. The van der Waals surface area contributed by atoms with E-state index < -0.39 is 6.17 Å². The Bertz CT molecular complexity index is 1160. The van der Waals surface area contributed by atoms with Crippen LogP contribution in [0.15, 0.2) is 72.7 Å². The number of pyridine rings is 2. The smallest absolute Gasteiger partial charge is 0.131 e. The fraction of sp³-hybridized carbons (Fsp3) is 0.280. The fourth-order valence-corrected chi connectivity index (χ4v) is 4.37. The second-order valence-corrected chi connectivity index (χ2v) is 8.32. The highest BCUT2D eigenvalue weighted by molar-refractivity contribution is 5.91. The Morgan fingerprint density at radius 3 is 2.84 bits per heavy atom. The molecule has 6 heteroatoms. The number of hydrogen-bond donors (Lipinski definition) is 1. The van der Waals surface area contributed by atoms with Gasteiger partial charge in [-0.15, -0.1) is 0 Å². The molecule has 0 spiro atoms. The van der Waals surface area contributed by atoms with E-state index >= 15 is 0 Å². The molecule has 0 saturated carbocycles. The number of nitrogens with zero attached hydrogens (tertiary/aromatic N) is 4. The summed E-state index contributed by atoms with van der Waals surface area (Å²) in [5.74, 6) is 1.44. The van der Waals surface area contributed by atoms with Crippen LogP contribution in [0.1, 0.15) is 17.5 Å². The summed E-state index contributed by atoms with van der Waals surface area (Å²) < 4.78 is 13.6. The Labute approximate surface area is 181 Å². The third-order valence-electron chi connectivity index (χ3n) is 5.94. The molecule has 1 unspecified atom stereocenters. The average Bonchev–Trinajstić information content (AvgIpc) is 3.21. The van der Waals surface area contributed by atoms with Gasteiger partial charge in [-0.1, -0.05) is 24.3 Å². The van der Waals surface area contributed by atoms with Crippen LogP contribution in [-0.2, 0) is 13.0 Å². The lowest BCUT2D eigenvalue weighted by Crippen LogP contribution is -2.21. The summed E-state index contributed by atoms with van der Waals surface area (Å²) in [7, 11) is 0. The van der Waals surface area contributed by atoms with Crippen molar-refractivity contribution in [3.05, 3.63) is 83.8 Å². The molecule has 0 bridgehead atoms. The Morgan fingerprint density at radius 1 is 1.06 bits per heavy atom. The van der Waals surface area contributed by atoms with Crippen molar-refractivity contribution in [3.8, 4) is 0 Å². The predicted octanol–water partition coefficient (Wildman–Crippen LogP) is 4.26. The minimum absolute atomic E-state index is 0.445. The molecule has 31 heavy (non-hydrogen) atoms. The molecule has 4 heterocycles. The molecule has 1 aromatic carbocycles. The SMILES string of the molecule is Nc1nccc2cc(CN3C=C(Cc4ccnc(N5CCC(F)C5)c4)C=CC3)ccc12. The molecule has 3 aromatic rings. The lowest BCUT2D eigenvalue weighted by Gasteiger charge is -2.24. The number of rotatable bonds is 5. The van der Waals surface area contributed by atoms with E-state index in [0.717, 1.165) is 42.6 Å². The van der Waals surface area contributed by atoms with Gasteiger partial charge in [0.15, 0.2) is 0 Å². The number of anilines is 2. The van der Waals surface area contributed by atoms with Gasteiger partial charge < -0.3 is 15.5 Å². The second-order valence-electron chi connectivity index (χ2n) is 8.32. The standard InChI is InChI=1S/C25H26FN5/c26-22-7-11-31(17-22)24-14-18(5-8-28-24)12-19-2-1-10-30(15-19)16-20-3-4-23-21(13-20)6-9-29-25(23)27/h1-6,8-9,13-15,22H,7,10-12,16-17H2,(H2,27,29). The van der Waals surface area contributed by atoms with Crippen molar-refractivity contribution in [2.24, 2.45) is 0 Å². The number of alkyl halides is 1. The van der Waals surface area contributed by atoms with E-state index in [9.17, 15) is 4.39 Å². The summed E-state index contributed by atoms with van der Waals surface area (Å²) >= 11 is 0. The molecule has 0 amide bonds. The molecule has 1 saturated heterocycles. The summed E-state index contributed by atoms with van der Waals surface area (Å²) in [4.78, 5) is 13.0. The molecule has 2 aliphatic heterocycles. The molecule has 2 N–H and O–H groups in total. The van der Waals surface area contributed by atoms with Gasteiger partial charge in [0.1, 0.15) is 17.8 Å². The van der Waals surface area contributed by atoms with E-state index in [1.165, 1.54) is 16.7 Å². The highest BCUT2D eigenvalue weighted by atomic mass is 19.1. The van der Waals surface area contributed by atoms with Crippen LogP contribution >= 0.6 is 0 Å². The quantitative estimate of drug-likeness (QED) is 0.675. The van der Waals surface area contributed by atoms with Crippen molar-refractivity contribution in [2.75, 3.05) is 30.3 Å². The molecule has 1 fully saturated rings. The van der Waals surface area contributed by atoms with Gasteiger partial charge >= 0.3 is 0 Å². The third kappa shape index (κ3) is 4.38. The van der Waals surface area contributed by atoms with E-state index in [1.807, 2.05) is 23.2 Å². The average molecular weight is 416 g/mol. The number of allylic oxidation sites excluding steroid dienone is 2. The zero-order valence-corrected chi connectivity index (χ0v) is 17.4. The summed E-state index contributed by atoms with van der Waals surface area (Å²) in [6.07, 6.45) is 10.9. The maximum Gasteiger partial charge on any atom is 0.131 e. The number of halogens is 1. The topological polar surface area (TPSA) is 58.3 Å². The first-order valence-electron chi connectivity index (χ1n) is 10.7. The number of benzene rings is 1. The van der Waals surface area contributed by atoms with Gasteiger partial charge in [0.2, 0.25) is 0 Å². The molecule has 5 nitrogen and oxygen atoms in total. The van der Waals surface area contributed by atoms with Gasteiger partial charge in [-0.05, 0) is 59.2 Å². The molecule has 158 valence electrons. The molecule has 0 aliphatic carbocycles. The van der Waals surface area contributed by atoms with Crippen LogP contribution in [0, 0.1) is 0 Å². The first-order chi connectivity index (χ1) is 15.1. The van der Waals surface area contributed by atoms with Gasteiger partial charge in [-0.25, -0.2) is 14.4 Å². The zero-order valence-electron chi connectivity index (χ0n) is 17.4. The van der Waals surface area contributed by atoms with E-state index in [2.05, 4.69) is 57.5 Å². The molecule has 2 aromatic heterocycles. The largest absolute Gasteiger partial charge is 0.383 e. The van der Waals surface area contributed by atoms with Crippen molar-refractivity contribution in [2.45, 2.75) is 25.6 Å². The predicted molar refractivity (Wildman–Crippen MR) is 123 cm³/mol. The summed E-state index contributed by atoms with van der Waals surface area (Å²) in [6, 6.07) is 12.5. The van der Waals surface area contributed by atoms with Gasteiger partial charge in [-0.3, -0.25) is 0 Å². The number of hydrogen-bond acceptors (Lipinski definition) is 5. The van der Waals surface area contributed by atoms with Crippen LogP contribution in [0.5, 0.6) is 0 Å². The molecular formula is C25H26FN5. The van der Waals surface area contributed by atoms with Gasteiger partial charge in [0.25, 0.3) is 0 Å². The minimum atomic E-state index is -0.745. The van der Waals surface area contributed by atoms with Crippen LogP contribution in [0.4, 0.5) is 16.0 Å². The van der Waals surface area contributed by atoms with E-state index in [4.69, 9.17) is 5.73 Å². The Hall–Kier alpha value is -3.41. The van der Waals surface area contributed by atoms with Gasteiger partial charge in [0, 0.05) is 43.6 Å². The lowest BCUT2D eigenvalue weighted by molar-refractivity contribution is 0.364. The normalized spacial score (nSPS) is 18.6. The first kappa shape index (κ1) is 19.5. The summed E-state index contributed by atoms with van der Waals surface area (Å²) in [5, 5.41) is 2.11. The number of fused-ring (bicyclic) bond motifs is 1. The molecule has 1 atom stereocenters. The Balaban J connectivity index is 1.29. The highest BCUT2D eigenvalue weighted by Gasteiger charge is 2.22.